The van der Waals surface area contributed by atoms with E-state index in [-0.39, 0.29) is 17.4 Å². The number of aromatic nitrogens is 1. The van der Waals surface area contributed by atoms with Crippen molar-refractivity contribution < 1.29 is 4.39 Å². The van der Waals surface area contributed by atoms with E-state index in [4.69, 9.17) is 11.5 Å². The van der Waals surface area contributed by atoms with Gasteiger partial charge in [-0.15, -0.1) is 0 Å². The van der Waals surface area contributed by atoms with Crippen molar-refractivity contribution in [2.75, 3.05) is 0 Å². The third kappa shape index (κ3) is 1.87. The summed E-state index contributed by atoms with van der Waals surface area (Å²) in [5, 5.41) is 1.84. The number of nitrogens with two attached hydrogens (primary N) is 2. The molecule has 3 nitrogen and oxygen atoms in total. The maximum absolute atomic E-state index is 14.0. The molecular formula is C14H16FN3. The van der Waals surface area contributed by atoms with Gasteiger partial charge in [0.25, 0.3) is 0 Å². The summed E-state index contributed by atoms with van der Waals surface area (Å²) in [4.78, 5) is 4.05. The minimum absolute atomic E-state index is 0.162. The molecule has 0 saturated heterocycles. The molecule has 18 heavy (non-hydrogen) atoms. The minimum atomic E-state index is -0.349. The first-order valence-electron chi connectivity index (χ1n) is 6.13. The molecule has 0 spiro atoms. The SMILES string of the molecule is NC1CC(N)(Cc2c(F)ccc3cnccc23)C1. The molecule has 1 saturated carbocycles. The van der Waals surface area contributed by atoms with Gasteiger partial charge in [-0.2, -0.15) is 0 Å². The van der Waals surface area contributed by atoms with Crippen molar-refractivity contribution in [1.29, 1.82) is 0 Å². The van der Waals surface area contributed by atoms with Gasteiger partial charge in [-0.25, -0.2) is 4.39 Å². The number of halogens is 1. The molecule has 0 aliphatic heterocycles. The second kappa shape index (κ2) is 4.00. The van der Waals surface area contributed by atoms with Gasteiger partial charge in [0.1, 0.15) is 5.82 Å². The molecule has 0 amide bonds. The van der Waals surface area contributed by atoms with Crippen LogP contribution >= 0.6 is 0 Å². The van der Waals surface area contributed by atoms with E-state index < -0.39 is 0 Å². The Morgan fingerprint density at radius 2 is 2.11 bits per heavy atom. The van der Waals surface area contributed by atoms with Crippen LogP contribution in [-0.2, 0) is 6.42 Å². The van der Waals surface area contributed by atoms with E-state index in [1.165, 1.54) is 6.07 Å². The van der Waals surface area contributed by atoms with E-state index in [0.717, 1.165) is 23.6 Å². The summed E-state index contributed by atoms with van der Waals surface area (Å²) in [6.45, 7) is 0. The van der Waals surface area contributed by atoms with Gasteiger partial charge in [-0.3, -0.25) is 4.98 Å². The Morgan fingerprint density at radius 1 is 1.33 bits per heavy atom. The van der Waals surface area contributed by atoms with Gasteiger partial charge >= 0.3 is 0 Å². The molecule has 4 heteroatoms. The number of hydrogen-bond acceptors (Lipinski definition) is 3. The normalized spacial score (nSPS) is 27.2. The molecule has 0 radical (unpaired) electrons. The van der Waals surface area contributed by atoms with E-state index in [9.17, 15) is 4.39 Å². The average molecular weight is 245 g/mol. The van der Waals surface area contributed by atoms with Crippen molar-refractivity contribution >= 4 is 10.8 Å². The first kappa shape index (κ1) is 11.6. The summed E-state index contributed by atoms with van der Waals surface area (Å²) in [5.41, 5.74) is 12.3. The van der Waals surface area contributed by atoms with Crippen LogP contribution in [0, 0.1) is 5.82 Å². The van der Waals surface area contributed by atoms with E-state index in [1.54, 1.807) is 18.5 Å². The molecule has 4 N–H and O–H groups in total. The van der Waals surface area contributed by atoms with Crippen molar-refractivity contribution in [2.24, 2.45) is 11.5 Å². The number of hydrogen-bond donors (Lipinski definition) is 2. The first-order valence-corrected chi connectivity index (χ1v) is 6.13. The third-order valence-corrected chi connectivity index (χ3v) is 3.74. The van der Waals surface area contributed by atoms with Gasteiger partial charge in [0.2, 0.25) is 0 Å². The van der Waals surface area contributed by atoms with Crippen LogP contribution in [-0.4, -0.2) is 16.6 Å². The molecule has 1 aromatic heterocycles. The van der Waals surface area contributed by atoms with E-state index >= 15 is 0 Å². The first-order chi connectivity index (χ1) is 8.57. The monoisotopic (exact) mass is 245 g/mol. The highest BCUT2D eigenvalue weighted by molar-refractivity contribution is 5.85. The number of nitrogens with zero attached hydrogens (tertiary/aromatic N) is 1. The molecule has 0 atom stereocenters. The minimum Gasteiger partial charge on any atom is -0.328 e. The van der Waals surface area contributed by atoms with Crippen molar-refractivity contribution in [3.05, 3.63) is 42.0 Å². The highest BCUT2D eigenvalue weighted by atomic mass is 19.1. The maximum Gasteiger partial charge on any atom is 0.127 e. The summed E-state index contributed by atoms with van der Waals surface area (Å²) in [6.07, 6.45) is 5.48. The fourth-order valence-electron chi connectivity index (χ4n) is 2.87. The van der Waals surface area contributed by atoms with Gasteiger partial charge in [-0.05, 0) is 48.4 Å². The van der Waals surface area contributed by atoms with Crippen LogP contribution in [0.1, 0.15) is 18.4 Å². The fourth-order valence-corrected chi connectivity index (χ4v) is 2.87. The molecule has 1 heterocycles. The zero-order valence-corrected chi connectivity index (χ0v) is 10.1. The van der Waals surface area contributed by atoms with Crippen molar-refractivity contribution in [3.63, 3.8) is 0 Å². The summed E-state index contributed by atoms with van der Waals surface area (Å²) in [5.74, 6) is -0.195. The lowest BCUT2D eigenvalue weighted by molar-refractivity contribution is 0.207. The summed E-state index contributed by atoms with van der Waals surface area (Å²) >= 11 is 0. The Hall–Kier alpha value is -1.52. The van der Waals surface area contributed by atoms with Crippen molar-refractivity contribution in [1.82, 2.24) is 4.98 Å². The highest BCUT2D eigenvalue weighted by Gasteiger charge is 2.39. The highest BCUT2D eigenvalue weighted by Crippen LogP contribution is 2.34. The maximum atomic E-state index is 14.0. The average Bonchev–Trinajstić information content (AvgIpc) is 2.31. The fraction of sp³-hybridized carbons (Fsp3) is 0.357. The standard InChI is InChI=1S/C14H16FN3/c15-13-2-1-9-8-18-4-3-11(9)12(13)7-14(17)5-10(16)6-14/h1-4,8,10H,5-7,16-17H2. The van der Waals surface area contributed by atoms with Crippen LogP contribution in [0.5, 0.6) is 0 Å². The van der Waals surface area contributed by atoms with Gasteiger partial charge < -0.3 is 11.5 Å². The number of rotatable bonds is 2. The molecule has 1 aliphatic rings. The van der Waals surface area contributed by atoms with Gasteiger partial charge in [0.05, 0.1) is 0 Å². The summed E-state index contributed by atoms with van der Waals surface area (Å²) < 4.78 is 14.0. The molecule has 1 fully saturated rings. The zero-order chi connectivity index (χ0) is 12.8. The van der Waals surface area contributed by atoms with E-state index in [0.29, 0.717) is 12.0 Å². The van der Waals surface area contributed by atoms with Gasteiger partial charge in [-0.1, -0.05) is 0 Å². The van der Waals surface area contributed by atoms with Crippen LogP contribution < -0.4 is 11.5 Å². The van der Waals surface area contributed by atoms with Crippen LogP contribution in [0.3, 0.4) is 0 Å². The van der Waals surface area contributed by atoms with Crippen molar-refractivity contribution in [2.45, 2.75) is 30.8 Å². The lowest BCUT2D eigenvalue weighted by Gasteiger charge is -2.43. The summed E-state index contributed by atoms with van der Waals surface area (Å²) in [6, 6.07) is 5.24. The smallest absolute Gasteiger partial charge is 0.127 e. The van der Waals surface area contributed by atoms with Gasteiger partial charge in [0.15, 0.2) is 0 Å². The third-order valence-electron chi connectivity index (χ3n) is 3.74. The second-order valence-corrected chi connectivity index (χ2v) is 5.33. The molecular weight excluding hydrogens is 229 g/mol. The van der Waals surface area contributed by atoms with Crippen LogP contribution in [0.2, 0.25) is 0 Å². The Bertz CT molecular complexity index is 591. The molecule has 1 aromatic carbocycles. The predicted octanol–water partition coefficient (Wildman–Crippen LogP) is 1.73. The molecule has 0 bridgehead atoms. The number of fused-ring (bicyclic) bond motifs is 1. The van der Waals surface area contributed by atoms with Gasteiger partial charge in [0, 0.05) is 29.4 Å². The predicted molar refractivity (Wildman–Crippen MR) is 69.5 cm³/mol. The molecule has 0 unspecified atom stereocenters. The van der Waals surface area contributed by atoms with E-state index in [2.05, 4.69) is 4.98 Å². The Kier molecular flexibility index (Phi) is 2.57. The zero-order valence-electron chi connectivity index (χ0n) is 10.1. The van der Waals surface area contributed by atoms with Crippen LogP contribution in [0.4, 0.5) is 4.39 Å². The quantitative estimate of drug-likeness (QED) is 0.847. The number of pyridine rings is 1. The molecule has 2 aromatic rings. The van der Waals surface area contributed by atoms with Crippen LogP contribution in [0.15, 0.2) is 30.6 Å². The summed E-state index contributed by atoms with van der Waals surface area (Å²) in [7, 11) is 0. The Labute approximate surface area is 105 Å². The largest absolute Gasteiger partial charge is 0.328 e. The van der Waals surface area contributed by atoms with E-state index in [1.807, 2.05) is 6.07 Å². The molecule has 1 aliphatic carbocycles. The molecule has 94 valence electrons. The molecule has 3 rings (SSSR count). The topological polar surface area (TPSA) is 64.9 Å². The Balaban J connectivity index is 2.03. The Morgan fingerprint density at radius 3 is 2.83 bits per heavy atom. The lowest BCUT2D eigenvalue weighted by atomic mass is 9.70. The van der Waals surface area contributed by atoms with Crippen LogP contribution in [0.25, 0.3) is 10.8 Å². The lowest BCUT2D eigenvalue weighted by Crippen LogP contribution is -2.59. The number of benzene rings is 1. The van der Waals surface area contributed by atoms with Crippen molar-refractivity contribution in [3.8, 4) is 0 Å². The second-order valence-electron chi connectivity index (χ2n) is 5.33.